The number of nitrogens with zero attached hydrogens (tertiary/aromatic N) is 2. The van der Waals surface area contributed by atoms with E-state index < -0.39 is 0 Å². The molecule has 2 N–H and O–H groups in total. The van der Waals surface area contributed by atoms with Gasteiger partial charge in [-0.2, -0.15) is 0 Å². The number of benzene rings is 1. The molecule has 0 saturated carbocycles. The maximum absolute atomic E-state index is 6.11. The van der Waals surface area contributed by atoms with Crippen molar-refractivity contribution in [2.24, 2.45) is 5.73 Å². The van der Waals surface area contributed by atoms with Crippen molar-refractivity contribution in [2.45, 2.75) is 19.9 Å². The lowest BCUT2D eigenvalue weighted by Gasteiger charge is -2.10. The van der Waals surface area contributed by atoms with Gasteiger partial charge < -0.3 is 5.73 Å². The quantitative estimate of drug-likeness (QED) is 0.887. The monoisotopic (exact) mass is 247 g/mol. The zero-order valence-corrected chi connectivity index (χ0v) is 10.6. The Balaban J connectivity index is 2.49. The van der Waals surface area contributed by atoms with Gasteiger partial charge in [0.05, 0.1) is 5.02 Å². The summed E-state index contributed by atoms with van der Waals surface area (Å²) < 4.78 is 0. The number of aryl methyl sites for hydroxylation is 1. The van der Waals surface area contributed by atoms with Gasteiger partial charge in [0.1, 0.15) is 0 Å². The Labute approximate surface area is 106 Å². The van der Waals surface area contributed by atoms with Crippen molar-refractivity contribution in [3.8, 4) is 11.4 Å². The molecule has 0 aliphatic rings. The largest absolute Gasteiger partial charge is 0.324 e. The van der Waals surface area contributed by atoms with Gasteiger partial charge in [0.25, 0.3) is 0 Å². The molecule has 2 aromatic rings. The molecule has 0 fully saturated rings. The van der Waals surface area contributed by atoms with E-state index in [0.717, 1.165) is 16.8 Å². The van der Waals surface area contributed by atoms with Gasteiger partial charge in [-0.3, -0.25) is 0 Å². The van der Waals surface area contributed by atoms with Gasteiger partial charge in [0.2, 0.25) is 0 Å². The first-order valence-electron chi connectivity index (χ1n) is 5.43. The van der Waals surface area contributed by atoms with Crippen molar-refractivity contribution in [1.82, 2.24) is 9.97 Å². The van der Waals surface area contributed by atoms with Gasteiger partial charge in [-0.15, -0.1) is 0 Å². The van der Waals surface area contributed by atoms with Crippen molar-refractivity contribution in [3.63, 3.8) is 0 Å². The predicted molar refractivity (Wildman–Crippen MR) is 69.8 cm³/mol. The van der Waals surface area contributed by atoms with Crippen LogP contribution < -0.4 is 5.73 Å². The molecule has 1 aromatic carbocycles. The third-order valence-electron chi connectivity index (χ3n) is 2.62. The van der Waals surface area contributed by atoms with E-state index in [-0.39, 0.29) is 6.04 Å². The molecule has 0 unspecified atom stereocenters. The molecule has 17 heavy (non-hydrogen) atoms. The lowest BCUT2D eigenvalue weighted by Crippen LogP contribution is -2.09. The standard InChI is InChI=1S/C13H14ClN3/c1-8(15)11-7-16-13(17-9(11)2)10-5-3-4-6-12(10)14/h3-8H,15H2,1-2H3/t8-/m0/s1. The second-order valence-electron chi connectivity index (χ2n) is 4.00. The summed E-state index contributed by atoms with van der Waals surface area (Å²) in [7, 11) is 0. The van der Waals surface area contributed by atoms with Crippen LogP contribution in [0.2, 0.25) is 5.02 Å². The first-order chi connectivity index (χ1) is 8.09. The van der Waals surface area contributed by atoms with Gasteiger partial charge in [0, 0.05) is 29.1 Å². The fourth-order valence-electron chi connectivity index (χ4n) is 1.70. The molecule has 0 radical (unpaired) electrons. The van der Waals surface area contributed by atoms with Crippen molar-refractivity contribution < 1.29 is 0 Å². The lowest BCUT2D eigenvalue weighted by atomic mass is 10.1. The molecule has 0 amide bonds. The highest BCUT2D eigenvalue weighted by molar-refractivity contribution is 6.33. The summed E-state index contributed by atoms with van der Waals surface area (Å²) in [5.74, 6) is 0.637. The van der Waals surface area contributed by atoms with Crippen LogP contribution in [0.3, 0.4) is 0 Å². The molecule has 1 aromatic heterocycles. The van der Waals surface area contributed by atoms with E-state index in [4.69, 9.17) is 17.3 Å². The molecule has 0 aliphatic heterocycles. The molecule has 1 atom stereocenters. The van der Waals surface area contributed by atoms with Gasteiger partial charge >= 0.3 is 0 Å². The van der Waals surface area contributed by atoms with E-state index in [9.17, 15) is 0 Å². The third kappa shape index (κ3) is 2.46. The molecule has 0 saturated heterocycles. The fourth-order valence-corrected chi connectivity index (χ4v) is 1.92. The van der Waals surface area contributed by atoms with Crippen molar-refractivity contribution in [1.29, 1.82) is 0 Å². The number of halogens is 1. The second-order valence-corrected chi connectivity index (χ2v) is 4.41. The van der Waals surface area contributed by atoms with E-state index in [1.54, 1.807) is 6.20 Å². The summed E-state index contributed by atoms with van der Waals surface area (Å²) in [6, 6.07) is 7.47. The average molecular weight is 248 g/mol. The molecular weight excluding hydrogens is 234 g/mol. The smallest absolute Gasteiger partial charge is 0.160 e. The van der Waals surface area contributed by atoms with E-state index in [1.165, 1.54) is 0 Å². The molecule has 4 heteroatoms. The van der Waals surface area contributed by atoms with Gasteiger partial charge in [-0.25, -0.2) is 9.97 Å². The fraction of sp³-hybridized carbons (Fsp3) is 0.231. The SMILES string of the molecule is Cc1nc(-c2ccccc2Cl)ncc1[C@H](C)N. The summed E-state index contributed by atoms with van der Waals surface area (Å²) in [6.07, 6.45) is 1.77. The zero-order valence-electron chi connectivity index (χ0n) is 9.81. The average Bonchev–Trinajstić information content (AvgIpc) is 2.29. The number of hydrogen-bond donors (Lipinski definition) is 1. The minimum atomic E-state index is -0.0599. The van der Waals surface area contributed by atoms with Crippen molar-refractivity contribution in [2.75, 3.05) is 0 Å². The van der Waals surface area contributed by atoms with Crippen LogP contribution in [0.15, 0.2) is 30.5 Å². The number of rotatable bonds is 2. The summed E-state index contributed by atoms with van der Waals surface area (Å²) in [6.45, 7) is 3.85. The number of nitrogens with two attached hydrogens (primary N) is 1. The van der Waals surface area contributed by atoms with Crippen molar-refractivity contribution in [3.05, 3.63) is 46.7 Å². The van der Waals surface area contributed by atoms with Crippen LogP contribution in [0.5, 0.6) is 0 Å². The van der Waals surface area contributed by atoms with Crippen LogP contribution in [-0.2, 0) is 0 Å². The molecule has 0 bridgehead atoms. The minimum absolute atomic E-state index is 0.0599. The van der Waals surface area contributed by atoms with Gasteiger partial charge in [-0.1, -0.05) is 23.7 Å². The summed E-state index contributed by atoms with van der Waals surface area (Å²) in [5.41, 5.74) is 8.52. The Morgan fingerprint density at radius 2 is 2.00 bits per heavy atom. The summed E-state index contributed by atoms with van der Waals surface area (Å²) >= 11 is 6.11. The maximum atomic E-state index is 6.11. The van der Waals surface area contributed by atoms with Crippen LogP contribution in [0.1, 0.15) is 24.2 Å². The molecule has 0 aliphatic carbocycles. The Kier molecular flexibility index (Phi) is 3.41. The van der Waals surface area contributed by atoms with Gasteiger partial charge in [0.15, 0.2) is 5.82 Å². The molecular formula is C13H14ClN3. The van der Waals surface area contributed by atoms with E-state index in [1.807, 2.05) is 38.1 Å². The lowest BCUT2D eigenvalue weighted by molar-refractivity contribution is 0.790. The van der Waals surface area contributed by atoms with Crippen molar-refractivity contribution >= 4 is 11.6 Å². The zero-order chi connectivity index (χ0) is 12.4. The molecule has 1 heterocycles. The molecule has 88 valence electrons. The molecule has 2 rings (SSSR count). The maximum Gasteiger partial charge on any atom is 0.160 e. The van der Waals surface area contributed by atoms with Crippen LogP contribution in [0.4, 0.5) is 0 Å². The summed E-state index contributed by atoms with van der Waals surface area (Å²) in [4.78, 5) is 8.77. The van der Waals surface area contributed by atoms with Crippen LogP contribution >= 0.6 is 11.6 Å². The Morgan fingerprint density at radius 1 is 1.29 bits per heavy atom. The number of hydrogen-bond acceptors (Lipinski definition) is 3. The Bertz CT molecular complexity index is 538. The third-order valence-corrected chi connectivity index (χ3v) is 2.95. The second kappa shape index (κ2) is 4.82. The highest BCUT2D eigenvalue weighted by atomic mass is 35.5. The van der Waals surface area contributed by atoms with Gasteiger partial charge in [-0.05, 0) is 26.0 Å². The molecule has 3 nitrogen and oxygen atoms in total. The normalized spacial score (nSPS) is 12.5. The number of aromatic nitrogens is 2. The Hall–Kier alpha value is -1.45. The minimum Gasteiger partial charge on any atom is -0.324 e. The van der Waals surface area contributed by atoms with E-state index in [0.29, 0.717) is 10.8 Å². The van der Waals surface area contributed by atoms with E-state index >= 15 is 0 Å². The predicted octanol–water partition coefficient (Wildman–Crippen LogP) is 3.13. The highest BCUT2D eigenvalue weighted by Gasteiger charge is 2.10. The van der Waals surface area contributed by atoms with Crippen LogP contribution in [-0.4, -0.2) is 9.97 Å². The highest BCUT2D eigenvalue weighted by Crippen LogP contribution is 2.25. The molecule has 0 spiro atoms. The van der Waals surface area contributed by atoms with E-state index in [2.05, 4.69) is 9.97 Å². The first-order valence-corrected chi connectivity index (χ1v) is 5.81. The first kappa shape index (κ1) is 12.0. The van der Waals surface area contributed by atoms with Crippen LogP contribution in [0.25, 0.3) is 11.4 Å². The topological polar surface area (TPSA) is 51.8 Å². The van der Waals surface area contributed by atoms with Crippen LogP contribution in [0, 0.1) is 6.92 Å². The Morgan fingerprint density at radius 3 is 2.59 bits per heavy atom. The summed E-state index contributed by atoms with van der Waals surface area (Å²) in [5, 5.41) is 0.653.